The van der Waals surface area contributed by atoms with Crippen LogP contribution in [0.25, 0.3) is 6.08 Å². The van der Waals surface area contributed by atoms with Crippen molar-refractivity contribution in [2.24, 2.45) is 4.99 Å². The summed E-state index contributed by atoms with van der Waals surface area (Å²) in [6, 6.07) is 25.7. The third-order valence-electron chi connectivity index (χ3n) is 4.90. The van der Waals surface area contributed by atoms with Crippen LogP contribution in [0.1, 0.15) is 16.7 Å². The minimum Gasteiger partial charge on any atom is -0.372 e. The van der Waals surface area contributed by atoms with Crippen LogP contribution in [0.2, 0.25) is 0 Å². The Labute approximate surface area is 171 Å². The summed E-state index contributed by atoms with van der Waals surface area (Å²) in [7, 11) is 2.13. The van der Waals surface area contributed by atoms with Gasteiger partial charge in [0, 0.05) is 34.6 Å². The van der Waals surface area contributed by atoms with Gasteiger partial charge in [0.1, 0.15) is 0 Å². The Morgan fingerprint density at radius 1 is 0.893 bits per heavy atom. The van der Waals surface area contributed by atoms with Gasteiger partial charge in [0.15, 0.2) is 0 Å². The number of anilines is 1. The predicted molar refractivity (Wildman–Crippen MR) is 122 cm³/mol. The Hall–Kier alpha value is -2.78. The molecule has 3 heteroatoms. The van der Waals surface area contributed by atoms with Crippen molar-refractivity contribution >= 4 is 29.2 Å². The van der Waals surface area contributed by atoms with Gasteiger partial charge in [0.25, 0.3) is 0 Å². The van der Waals surface area contributed by atoms with Crippen molar-refractivity contribution in [2.45, 2.75) is 16.7 Å². The van der Waals surface area contributed by atoms with E-state index in [4.69, 9.17) is 4.99 Å². The molecule has 0 aliphatic carbocycles. The lowest BCUT2D eigenvalue weighted by molar-refractivity contribution is 0.897. The van der Waals surface area contributed by atoms with Crippen molar-refractivity contribution in [1.82, 2.24) is 0 Å². The molecule has 0 spiro atoms. The molecule has 4 rings (SSSR count). The molecule has 0 unspecified atom stereocenters. The number of fused-ring (bicyclic) bond motifs is 1. The Balaban J connectivity index is 1.63. The predicted octanol–water partition coefficient (Wildman–Crippen LogP) is 6.10. The third-order valence-corrected chi connectivity index (χ3v) is 6.00. The van der Waals surface area contributed by atoms with E-state index in [2.05, 4.69) is 104 Å². The van der Waals surface area contributed by atoms with Crippen LogP contribution < -0.4 is 4.90 Å². The molecule has 1 aliphatic heterocycles. The Kier molecular flexibility index (Phi) is 5.63. The summed E-state index contributed by atoms with van der Waals surface area (Å²) < 4.78 is 0. The van der Waals surface area contributed by atoms with Gasteiger partial charge in [0.05, 0.1) is 12.3 Å². The summed E-state index contributed by atoms with van der Waals surface area (Å²) in [5, 5.41) is 0. The van der Waals surface area contributed by atoms with E-state index in [1.807, 2.05) is 0 Å². The molecule has 28 heavy (non-hydrogen) atoms. The maximum Gasteiger partial charge on any atom is 0.0668 e. The standard InChI is InChI=1S/C25H24N2S/c1-19-11-14-21(15-12-19)28-25-10-6-3-7-20(25)13-16-23-22-8-4-5-9-24(22)27(2)18-17-26-23/h3-16H,17-18H2,1-2H3. The molecule has 3 aromatic rings. The van der Waals surface area contributed by atoms with E-state index in [1.165, 1.54) is 32.2 Å². The normalized spacial score (nSPS) is 13.9. The molecule has 140 valence electrons. The summed E-state index contributed by atoms with van der Waals surface area (Å²) in [5.41, 5.74) is 5.99. The molecular formula is C25H24N2S. The van der Waals surface area contributed by atoms with Crippen molar-refractivity contribution < 1.29 is 0 Å². The van der Waals surface area contributed by atoms with Gasteiger partial charge in [-0.3, -0.25) is 4.99 Å². The molecule has 0 fully saturated rings. The van der Waals surface area contributed by atoms with Crippen molar-refractivity contribution in [1.29, 1.82) is 0 Å². The second kappa shape index (κ2) is 8.49. The molecule has 0 radical (unpaired) electrons. The van der Waals surface area contributed by atoms with Gasteiger partial charge in [-0.25, -0.2) is 0 Å². The lowest BCUT2D eigenvalue weighted by Gasteiger charge is -2.18. The third kappa shape index (κ3) is 4.20. The number of benzodiazepines with no additional fused rings is 1. The number of aliphatic imine (C=N–C) groups is 1. The van der Waals surface area contributed by atoms with Gasteiger partial charge in [-0.2, -0.15) is 0 Å². The van der Waals surface area contributed by atoms with Gasteiger partial charge in [-0.05, 0) is 42.8 Å². The first kappa shape index (κ1) is 18.6. The van der Waals surface area contributed by atoms with E-state index in [0.29, 0.717) is 0 Å². The highest BCUT2D eigenvalue weighted by Gasteiger charge is 2.13. The van der Waals surface area contributed by atoms with E-state index >= 15 is 0 Å². The number of aryl methyl sites for hydroxylation is 1. The number of rotatable bonds is 4. The highest BCUT2D eigenvalue weighted by Crippen LogP contribution is 2.31. The van der Waals surface area contributed by atoms with E-state index in [1.54, 1.807) is 11.8 Å². The molecule has 0 atom stereocenters. The molecule has 0 aromatic heterocycles. The monoisotopic (exact) mass is 384 g/mol. The SMILES string of the molecule is Cc1ccc(Sc2ccccc2C=CC2=NCCN(C)c3ccccc32)cc1. The molecule has 1 aliphatic rings. The van der Waals surface area contributed by atoms with Crippen molar-refractivity contribution in [3.8, 4) is 0 Å². The van der Waals surface area contributed by atoms with Gasteiger partial charge < -0.3 is 4.90 Å². The van der Waals surface area contributed by atoms with Crippen LogP contribution in [-0.2, 0) is 0 Å². The van der Waals surface area contributed by atoms with Crippen LogP contribution >= 0.6 is 11.8 Å². The van der Waals surface area contributed by atoms with Crippen molar-refractivity contribution in [2.75, 3.05) is 25.0 Å². The number of nitrogens with zero attached hydrogens (tertiary/aromatic N) is 2. The molecule has 0 N–H and O–H groups in total. The summed E-state index contributed by atoms with van der Waals surface area (Å²) in [4.78, 5) is 9.62. The van der Waals surface area contributed by atoms with Crippen molar-refractivity contribution in [3.63, 3.8) is 0 Å². The van der Waals surface area contributed by atoms with E-state index in [0.717, 1.165) is 18.8 Å². The van der Waals surface area contributed by atoms with E-state index < -0.39 is 0 Å². The van der Waals surface area contributed by atoms with Crippen LogP contribution in [0, 0.1) is 6.92 Å². The molecule has 0 saturated carbocycles. The number of allylic oxidation sites excluding steroid dienone is 1. The second-order valence-corrected chi connectivity index (χ2v) is 8.11. The number of hydrogen-bond donors (Lipinski definition) is 0. The van der Waals surface area contributed by atoms with E-state index in [-0.39, 0.29) is 0 Å². The van der Waals surface area contributed by atoms with Crippen LogP contribution in [0.3, 0.4) is 0 Å². The largest absolute Gasteiger partial charge is 0.372 e. The maximum atomic E-state index is 4.83. The Morgan fingerprint density at radius 3 is 2.50 bits per heavy atom. The zero-order valence-corrected chi connectivity index (χ0v) is 17.1. The number of benzene rings is 3. The Morgan fingerprint density at radius 2 is 1.64 bits per heavy atom. The first-order chi connectivity index (χ1) is 13.7. The number of likely N-dealkylation sites (N-methyl/N-ethyl adjacent to an activating group) is 1. The minimum atomic E-state index is 0.810. The topological polar surface area (TPSA) is 15.6 Å². The molecule has 0 bridgehead atoms. The highest BCUT2D eigenvalue weighted by atomic mass is 32.2. The van der Waals surface area contributed by atoms with Crippen LogP contribution in [0.4, 0.5) is 5.69 Å². The van der Waals surface area contributed by atoms with Gasteiger partial charge in [-0.15, -0.1) is 0 Å². The highest BCUT2D eigenvalue weighted by molar-refractivity contribution is 7.99. The Bertz CT molecular complexity index is 1020. The zero-order valence-electron chi connectivity index (χ0n) is 16.3. The summed E-state index contributed by atoms with van der Waals surface area (Å²) in [6.07, 6.45) is 4.35. The molecule has 3 aromatic carbocycles. The van der Waals surface area contributed by atoms with Gasteiger partial charge in [-0.1, -0.05) is 71.9 Å². The minimum absolute atomic E-state index is 0.810. The zero-order chi connectivity index (χ0) is 19.3. The second-order valence-electron chi connectivity index (χ2n) is 6.99. The molecule has 1 heterocycles. The lowest BCUT2D eigenvalue weighted by atomic mass is 10.1. The lowest BCUT2D eigenvalue weighted by Crippen LogP contribution is -2.20. The summed E-state index contributed by atoms with van der Waals surface area (Å²) in [5.74, 6) is 0. The summed E-state index contributed by atoms with van der Waals surface area (Å²) >= 11 is 1.80. The van der Waals surface area contributed by atoms with Crippen LogP contribution in [0.15, 0.2) is 93.7 Å². The fourth-order valence-corrected chi connectivity index (χ4v) is 4.23. The molecular weight excluding hydrogens is 360 g/mol. The fourth-order valence-electron chi connectivity index (χ4n) is 3.30. The first-order valence-electron chi connectivity index (χ1n) is 9.57. The van der Waals surface area contributed by atoms with Crippen LogP contribution in [-0.4, -0.2) is 25.8 Å². The van der Waals surface area contributed by atoms with E-state index in [9.17, 15) is 0 Å². The smallest absolute Gasteiger partial charge is 0.0668 e. The van der Waals surface area contributed by atoms with Gasteiger partial charge in [0.2, 0.25) is 0 Å². The molecule has 0 amide bonds. The maximum absolute atomic E-state index is 4.83. The first-order valence-corrected chi connectivity index (χ1v) is 10.4. The summed E-state index contributed by atoms with van der Waals surface area (Å²) in [6.45, 7) is 3.87. The average Bonchev–Trinajstić information content (AvgIpc) is 2.88. The number of hydrogen-bond acceptors (Lipinski definition) is 3. The molecule has 2 nitrogen and oxygen atoms in total. The number of para-hydroxylation sites is 1. The van der Waals surface area contributed by atoms with Gasteiger partial charge >= 0.3 is 0 Å². The average molecular weight is 385 g/mol. The quantitative estimate of drug-likeness (QED) is 0.540. The van der Waals surface area contributed by atoms with Crippen molar-refractivity contribution in [3.05, 3.63) is 95.6 Å². The molecule has 0 saturated heterocycles. The fraction of sp³-hybridized carbons (Fsp3) is 0.160. The van der Waals surface area contributed by atoms with Crippen LogP contribution in [0.5, 0.6) is 0 Å².